The minimum atomic E-state index is 0.0699. The second kappa shape index (κ2) is 3.15. The Labute approximate surface area is 79.7 Å². The lowest BCUT2D eigenvalue weighted by molar-refractivity contribution is 0.0361. The van der Waals surface area contributed by atoms with Crippen LogP contribution in [0.3, 0.4) is 0 Å². The fourth-order valence-corrected chi connectivity index (χ4v) is 1.98. The Hall–Kier alpha value is -0.820. The van der Waals surface area contributed by atoms with Gasteiger partial charge in [0.05, 0.1) is 12.2 Å². The summed E-state index contributed by atoms with van der Waals surface area (Å²) >= 11 is 0. The first-order chi connectivity index (χ1) is 6.17. The number of ether oxygens (including phenoxy) is 1. The SMILES string of the molecule is CC1(C)CC(c2ccccc2)CO1. The maximum Gasteiger partial charge on any atom is 0.0633 e. The first-order valence-electron chi connectivity index (χ1n) is 4.86. The summed E-state index contributed by atoms with van der Waals surface area (Å²) in [6, 6.07) is 10.6. The monoisotopic (exact) mass is 176 g/mol. The van der Waals surface area contributed by atoms with Crippen LogP contribution < -0.4 is 0 Å². The van der Waals surface area contributed by atoms with Gasteiger partial charge in [0.1, 0.15) is 0 Å². The second-order valence-electron chi connectivity index (χ2n) is 4.38. The molecule has 0 radical (unpaired) electrons. The molecular formula is C12H16O. The van der Waals surface area contributed by atoms with Gasteiger partial charge in [-0.05, 0) is 25.8 Å². The van der Waals surface area contributed by atoms with Gasteiger partial charge in [0.2, 0.25) is 0 Å². The molecule has 1 fully saturated rings. The Morgan fingerprint density at radius 2 is 1.92 bits per heavy atom. The molecule has 0 aliphatic carbocycles. The van der Waals surface area contributed by atoms with Gasteiger partial charge in [-0.3, -0.25) is 0 Å². The molecule has 1 aromatic rings. The Bertz CT molecular complexity index is 276. The minimum absolute atomic E-state index is 0.0699. The molecule has 0 amide bonds. The first kappa shape index (κ1) is 8.76. The van der Waals surface area contributed by atoms with Crippen LogP contribution in [0, 0.1) is 0 Å². The van der Waals surface area contributed by atoms with Crippen molar-refractivity contribution in [2.45, 2.75) is 31.8 Å². The van der Waals surface area contributed by atoms with Gasteiger partial charge in [-0.1, -0.05) is 30.3 Å². The summed E-state index contributed by atoms with van der Waals surface area (Å²) in [6.07, 6.45) is 1.14. The second-order valence-corrected chi connectivity index (χ2v) is 4.38. The summed E-state index contributed by atoms with van der Waals surface area (Å²) in [7, 11) is 0. The van der Waals surface area contributed by atoms with Crippen LogP contribution in [0.1, 0.15) is 31.7 Å². The molecule has 1 saturated heterocycles. The van der Waals surface area contributed by atoms with Crippen molar-refractivity contribution in [3.63, 3.8) is 0 Å². The van der Waals surface area contributed by atoms with E-state index in [9.17, 15) is 0 Å². The molecule has 0 spiro atoms. The third kappa shape index (κ3) is 1.92. The van der Waals surface area contributed by atoms with Gasteiger partial charge in [0.15, 0.2) is 0 Å². The molecule has 1 atom stereocenters. The maximum atomic E-state index is 5.71. The van der Waals surface area contributed by atoms with Gasteiger partial charge in [0, 0.05) is 5.92 Å². The zero-order chi connectivity index (χ0) is 9.31. The summed E-state index contributed by atoms with van der Waals surface area (Å²) in [6.45, 7) is 5.20. The van der Waals surface area contributed by atoms with Crippen molar-refractivity contribution in [1.29, 1.82) is 0 Å². The van der Waals surface area contributed by atoms with Crippen LogP contribution in [0.15, 0.2) is 30.3 Å². The largest absolute Gasteiger partial charge is 0.375 e. The third-order valence-electron chi connectivity index (χ3n) is 2.68. The topological polar surface area (TPSA) is 9.23 Å². The van der Waals surface area contributed by atoms with Gasteiger partial charge in [-0.25, -0.2) is 0 Å². The molecule has 0 bridgehead atoms. The Morgan fingerprint density at radius 3 is 2.46 bits per heavy atom. The molecule has 2 rings (SSSR count). The molecule has 1 heterocycles. The van der Waals surface area contributed by atoms with Crippen molar-refractivity contribution < 1.29 is 4.74 Å². The van der Waals surface area contributed by atoms with Crippen LogP contribution >= 0.6 is 0 Å². The van der Waals surface area contributed by atoms with Gasteiger partial charge >= 0.3 is 0 Å². The highest BCUT2D eigenvalue weighted by Crippen LogP contribution is 2.35. The van der Waals surface area contributed by atoms with Crippen LogP contribution in [-0.2, 0) is 4.74 Å². The zero-order valence-corrected chi connectivity index (χ0v) is 8.29. The van der Waals surface area contributed by atoms with Crippen molar-refractivity contribution in [1.82, 2.24) is 0 Å². The van der Waals surface area contributed by atoms with Crippen molar-refractivity contribution in [2.75, 3.05) is 6.61 Å². The lowest BCUT2D eigenvalue weighted by Crippen LogP contribution is -2.16. The van der Waals surface area contributed by atoms with E-state index < -0.39 is 0 Å². The molecule has 1 aromatic carbocycles. The van der Waals surface area contributed by atoms with Crippen molar-refractivity contribution in [3.8, 4) is 0 Å². The lowest BCUT2D eigenvalue weighted by atomic mass is 9.92. The highest BCUT2D eigenvalue weighted by atomic mass is 16.5. The molecule has 1 unspecified atom stereocenters. The average molecular weight is 176 g/mol. The van der Waals surface area contributed by atoms with Crippen LogP contribution in [0.4, 0.5) is 0 Å². The smallest absolute Gasteiger partial charge is 0.0633 e. The Kier molecular flexibility index (Phi) is 2.12. The fourth-order valence-electron chi connectivity index (χ4n) is 1.98. The van der Waals surface area contributed by atoms with E-state index in [-0.39, 0.29) is 5.60 Å². The standard InChI is InChI=1S/C12H16O/c1-12(2)8-11(9-13-12)10-6-4-3-5-7-10/h3-7,11H,8-9H2,1-2H3. The molecule has 70 valence electrons. The predicted molar refractivity (Wildman–Crippen MR) is 53.8 cm³/mol. The zero-order valence-electron chi connectivity index (χ0n) is 8.29. The summed E-state index contributed by atoms with van der Waals surface area (Å²) < 4.78 is 5.71. The molecule has 1 aliphatic rings. The van der Waals surface area contributed by atoms with Crippen LogP contribution in [0.2, 0.25) is 0 Å². The van der Waals surface area contributed by atoms with E-state index in [0.717, 1.165) is 13.0 Å². The maximum absolute atomic E-state index is 5.71. The molecule has 1 nitrogen and oxygen atoms in total. The molecular weight excluding hydrogens is 160 g/mol. The predicted octanol–water partition coefficient (Wildman–Crippen LogP) is 2.97. The molecule has 1 aliphatic heterocycles. The van der Waals surface area contributed by atoms with Crippen molar-refractivity contribution in [3.05, 3.63) is 35.9 Å². The number of hydrogen-bond donors (Lipinski definition) is 0. The van der Waals surface area contributed by atoms with Gasteiger partial charge in [-0.15, -0.1) is 0 Å². The summed E-state index contributed by atoms with van der Waals surface area (Å²) in [4.78, 5) is 0. The number of rotatable bonds is 1. The number of hydrogen-bond acceptors (Lipinski definition) is 1. The van der Waals surface area contributed by atoms with Crippen molar-refractivity contribution >= 4 is 0 Å². The van der Waals surface area contributed by atoms with E-state index in [2.05, 4.69) is 44.2 Å². The van der Waals surface area contributed by atoms with E-state index in [1.165, 1.54) is 5.56 Å². The summed E-state index contributed by atoms with van der Waals surface area (Å²) in [5.41, 5.74) is 1.48. The Balaban J connectivity index is 2.13. The third-order valence-corrected chi connectivity index (χ3v) is 2.68. The van der Waals surface area contributed by atoms with E-state index >= 15 is 0 Å². The first-order valence-corrected chi connectivity index (χ1v) is 4.86. The fraction of sp³-hybridized carbons (Fsp3) is 0.500. The normalized spacial score (nSPS) is 26.2. The van der Waals surface area contributed by atoms with Crippen LogP contribution in [0.5, 0.6) is 0 Å². The molecule has 1 heteroatoms. The molecule has 13 heavy (non-hydrogen) atoms. The van der Waals surface area contributed by atoms with E-state index in [1.807, 2.05) is 0 Å². The highest BCUT2D eigenvalue weighted by molar-refractivity contribution is 5.21. The van der Waals surface area contributed by atoms with E-state index in [4.69, 9.17) is 4.74 Å². The average Bonchev–Trinajstić information content (AvgIpc) is 2.48. The van der Waals surface area contributed by atoms with Crippen LogP contribution in [-0.4, -0.2) is 12.2 Å². The quantitative estimate of drug-likeness (QED) is 0.639. The molecule has 0 aromatic heterocycles. The van der Waals surface area contributed by atoms with E-state index in [0.29, 0.717) is 5.92 Å². The van der Waals surface area contributed by atoms with Gasteiger partial charge < -0.3 is 4.74 Å². The highest BCUT2D eigenvalue weighted by Gasteiger charge is 2.32. The number of benzene rings is 1. The lowest BCUT2D eigenvalue weighted by Gasteiger charge is -2.15. The van der Waals surface area contributed by atoms with Crippen LogP contribution in [0.25, 0.3) is 0 Å². The Morgan fingerprint density at radius 1 is 1.23 bits per heavy atom. The molecule has 0 N–H and O–H groups in total. The minimum Gasteiger partial charge on any atom is -0.375 e. The summed E-state index contributed by atoms with van der Waals surface area (Å²) in [5.74, 6) is 0.594. The summed E-state index contributed by atoms with van der Waals surface area (Å²) in [5, 5.41) is 0. The van der Waals surface area contributed by atoms with Gasteiger partial charge in [0.25, 0.3) is 0 Å². The molecule has 0 saturated carbocycles. The van der Waals surface area contributed by atoms with Gasteiger partial charge in [-0.2, -0.15) is 0 Å². The van der Waals surface area contributed by atoms with Crippen molar-refractivity contribution in [2.24, 2.45) is 0 Å². The van der Waals surface area contributed by atoms with E-state index in [1.54, 1.807) is 0 Å².